The van der Waals surface area contributed by atoms with Crippen molar-refractivity contribution in [3.05, 3.63) is 10.6 Å². The van der Waals surface area contributed by atoms with Gasteiger partial charge in [-0.05, 0) is 30.9 Å². The molecule has 1 aromatic heterocycles. The second kappa shape index (κ2) is 6.05. The Hall–Kier alpha value is -0.480. The maximum atomic E-state index is 4.11. The van der Waals surface area contributed by atoms with Crippen LogP contribution in [0.5, 0.6) is 0 Å². The third kappa shape index (κ3) is 3.40. The smallest absolute Gasteiger partial charge is 0.0800 e. The van der Waals surface area contributed by atoms with Crippen LogP contribution in [0.4, 0.5) is 0 Å². The lowest BCUT2D eigenvalue weighted by Crippen LogP contribution is -2.13. The lowest BCUT2D eigenvalue weighted by molar-refractivity contribution is 0.674. The Labute approximate surface area is 83.7 Å². The van der Waals surface area contributed by atoms with Crippen molar-refractivity contribution < 1.29 is 0 Å². The Balaban J connectivity index is 2.40. The number of hydrogen-bond donors (Lipinski definition) is 1. The summed E-state index contributed by atoms with van der Waals surface area (Å²) in [6, 6.07) is 0. The van der Waals surface area contributed by atoms with Crippen LogP contribution in [-0.4, -0.2) is 16.1 Å². The molecule has 0 amide bonds. The first-order valence-corrected chi connectivity index (χ1v) is 5.66. The summed E-state index contributed by atoms with van der Waals surface area (Å²) in [6.07, 6.45) is 3.38. The van der Waals surface area contributed by atoms with E-state index in [-0.39, 0.29) is 0 Å². The van der Waals surface area contributed by atoms with Gasteiger partial charge in [-0.1, -0.05) is 24.8 Å². The Morgan fingerprint density at radius 2 is 2.15 bits per heavy atom. The molecule has 0 bridgehead atoms. The Morgan fingerprint density at radius 1 is 1.31 bits per heavy atom. The summed E-state index contributed by atoms with van der Waals surface area (Å²) in [6.45, 7) is 6.35. The van der Waals surface area contributed by atoms with Gasteiger partial charge >= 0.3 is 0 Å². The van der Waals surface area contributed by atoms with Gasteiger partial charge in [0, 0.05) is 6.54 Å². The molecule has 1 heterocycles. The Morgan fingerprint density at radius 3 is 2.85 bits per heavy atom. The molecule has 0 spiro atoms. The van der Waals surface area contributed by atoms with Gasteiger partial charge in [-0.15, -0.1) is 5.10 Å². The van der Waals surface area contributed by atoms with Crippen LogP contribution in [0.3, 0.4) is 0 Å². The van der Waals surface area contributed by atoms with Crippen LogP contribution in [0.25, 0.3) is 0 Å². The van der Waals surface area contributed by atoms with Gasteiger partial charge in [0.1, 0.15) is 0 Å². The minimum absolute atomic E-state index is 0.931. The average molecular weight is 199 g/mol. The zero-order chi connectivity index (χ0) is 9.52. The lowest BCUT2D eigenvalue weighted by atomic mass is 10.2. The van der Waals surface area contributed by atoms with Crippen LogP contribution in [-0.2, 0) is 13.0 Å². The normalized spacial score (nSPS) is 10.6. The number of nitrogens with zero attached hydrogens (tertiary/aromatic N) is 2. The largest absolute Gasteiger partial charge is 0.312 e. The van der Waals surface area contributed by atoms with Crippen LogP contribution in [0.15, 0.2) is 0 Å². The molecule has 0 atom stereocenters. The molecular weight excluding hydrogens is 182 g/mol. The van der Waals surface area contributed by atoms with Gasteiger partial charge in [-0.2, -0.15) is 0 Å². The zero-order valence-corrected chi connectivity index (χ0v) is 9.15. The second-order valence-electron chi connectivity index (χ2n) is 3.07. The maximum absolute atomic E-state index is 4.11. The predicted octanol–water partition coefficient (Wildman–Crippen LogP) is 1.99. The number of nitrogens with one attached hydrogen (secondary N) is 1. The van der Waals surface area contributed by atoms with E-state index in [2.05, 4.69) is 28.8 Å². The van der Waals surface area contributed by atoms with Crippen molar-refractivity contribution in [3.8, 4) is 0 Å². The van der Waals surface area contributed by atoms with Crippen molar-refractivity contribution >= 4 is 11.5 Å². The van der Waals surface area contributed by atoms with Crippen LogP contribution in [0, 0.1) is 0 Å². The summed E-state index contributed by atoms with van der Waals surface area (Å²) >= 11 is 1.52. The summed E-state index contributed by atoms with van der Waals surface area (Å²) in [4.78, 5) is 1.30. The Bertz CT molecular complexity index is 235. The third-order valence-corrected chi connectivity index (χ3v) is 2.60. The number of rotatable bonds is 6. The number of aryl methyl sites for hydroxylation is 1. The van der Waals surface area contributed by atoms with Crippen molar-refractivity contribution in [1.82, 2.24) is 14.9 Å². The molecular formula is C9H17N3S. The molecule has 0 saturated carbocycles. The van der Waals surface area contributed by atoms with Crippen LogP contribution in [0.1, 0.15) is 37.3 Å². The molecule has 0 unspecified atom stereocenters. The SMILES string of the molecule is CCCNCc1snnc1CCC. The van der Waals surface area contributed by atoms with Gasteiger partial charge < -0.3 is 5.32 Å². The molecule has 0 fully saturated rings. The maximum Gasteiger partial charge on any atom is 0.0800 e. The van der Waals surface area contributed by atoms with Crippen molar-refractivity contribution in [2.75, 3.05) is 6.54 Å². The standard InChI is InChI=1S/C9H17N3S/c1-3-5-8-9(13-12-11-8)7-10-6-4-2/h10H,3-7H2,1-2H3. The molecule has 0 aromatic carbocycles. The molecule has 13 heavy (non-hydrogen) atoms. The molecule has 74 valence electrons. The number of hydrogen-bond acceptors (Lipinski definition) is 4. The molecule has 3 nitrogen and oxygen atoms in total. The molecule has 1 rings (SSSR count). The summed E-state index contributed by atoms with van der Waals surface area (Å²) < 4.78 is 3.97. The van der Waals surface area contributed by atoms with E-state index in [1.165, 1.54) is 28.5 Å². The third-order valence-electron chi connectivity index (χ3n) is 1.83. The average Bonchev–Trinajstić information content (AvgIpc) is 2.54. The van der Waals surface area contributed by atoms with Crippen molar-refractivity contribution in [2.24, 2.45) is 0 Å². The fraction of sp³-hybridized carbons (Fsp3) is 0.778. The second-order valence-corrected chi connectivity index (χ2v) is 3.91. The topological polar surface area (TPSA) is 37.8 Å². The molecule has 0 saturated heterocycles. The molecule has 1 aromatic rings. The van der Waals surface area contributed by atoms with E-state index in [0.29, 0.717) is 0 Å². The first-order valence-electron chi connectivity index (χ1n) is 4.89. The number of aromatic nitrogens is 2. The molecule has 0 aliphatic rings. The van der Waals surface area contributed by atoms with Gasteiger partial charge in [0.05, 0.1) is 10.6 Å². The quantitative estimate of drug-likeness (QED) is 0.712. The fourth-order valence-electron chi connectivity index (χ4n) is 1.17. The Kier molecular flexibility index (Phi) is 4.93. The monoisotopic (exact) mass is 199 g/mol. The minimum atomic E-state index is 0.931. The lowest BCUT2D eigenvalue weighted by Gasteiger charge is -2.00. The van der Waals surface area contributed by atoms with Crippen LogP contribution in [0.2, 0.25) is 0 Å². The highest BCUT2D eigenvalue weighted by molar-refractivity contribution is 7.05. The van der Waals surface area contributed by atoms with E-state index in [9.17, 15) is 0 Å². The first-order chi connectivity index (χ1) is 6.38. The van der Waals surface area contributed by atoms with Crippen molar-refractivity contribution in [1.29, 1.82) is 0 Å². The molecule has 1 N–H and O–H groups in total. The van der Waals surface area contributed by atoms with Gasteiger partial charge in [-0.25, -0.2) is 0 Å². The minimum Gasteiger partial charge on any atom is -0.312 e. The van der Waals surface area contributed by atoms with Crippen molar-refractivity contribution in [3.63, 3.8) is 0 Å². The summed E-state index contributed by atoms with van der Waals surface area (Å²) in [7, 11) is 0. The summed E-state index contributed by atoms with van der Waals surface area (Å²) in [5, 5.41) is 7.48. The van der Waals surface area contributed by atoms with E-state index >= 15 is 0 Å². The molecule has 0 aliphatic carbocycles. The highest BCUT2D eigenvalue weighted by Crippen LogP contribution is 2.11. The van der Waals surface area contributed by atoms with Gasteiger partial charge in [0.15, 0.2) is 0 Å². The van der Waals surface area contributed by atoms with Crippen molar-refractivity contribution in [2.45, 2.75) is 39.7 Å². The van der Waals surface area contributed by atoms with E-state index in [1.807, 2.05) is 0 Å². The molecule has 4 heteroatoms. The van der Waals surface area contributed by atoms with Crippen LogP contribution < -0.4 is 5.32 Å². The molecule has 0 radical (unpaired) electrons. The fourth-order valence-corrected chi connectivity index (χ4v) is 1.82. The highest BCUT2D eigenvalue weighted by atomic mass is 32.1. The molecule has 0 aliphatic heterocycles. The predicted molar refractivity (Wildman–Crippen MR) is 55.9 cm³/mol. The van der Waals surface area contributed by atoms with Gasteiger partial charge in [0.25, 0.3) is 0 Å². The zero-order valence-electron chi connectivity index (χ0n) is 8.34. The van der Waals surface area contributed by atoms with E-state index in [0.717, 1.165) is 25.9 Å². The van der Waals surface area contributed by atoms with E-state index in [1.54, 1.807) is 0 Å². The first kappa shape index (κ1) is 10.6. The summed E-state index contributed by atoms with van der Waals surface area (Å²) in [5.41, 5.74) is 1.18. The van der Waals surface area contributed by atoms with Gasteiger partial charge in [0.2, 0.25) is 0 Å². The van der Waals surface area contributed by atoms with Gasteiger partial charge in [-0.3, -0.25) is 0 Å². The summed E-state index contributed by atoms with van der Waals surface area (Å²) in [5.74, 6) is 0. The van der Waals surface area contributed by atoms with E-state index in [4.69, 9.17) is 0 Å². The van der Waals surface area contributed by atoms with Crippen LogP contribution >= 0.6 is 11.5 Å². The van der Waals surface area contributed by atoms with E-state index < -0.39 is 0 Å². The highest BCUT2D eigenvalue weighted by Gasteiger charge is 2.05.